The van der Waals surface area contributed by atoms with Crippen molar-refractivity contribution in [1.29, 1.82) is 0 Å². The smallest absolute Gasteiger partial charge is 0.274 e. The van der Waals surface area contributed by atoms with Crippen LogP contribution in [0.2, 0.25) is 0 Å². The maximum absolute atomic E-state index is 11.7. The van der Waals surface area contributed by atoms with Gasteiger partial charge in [0.25, 0.3) is 5.91 Å². The molecule has 0 unspecified atom stereocenters. The van der Waals surface area contributed by atoms with E-state index in [1.807, 2.05) is 6.92 Å². The lowest BCUT2D eigenvalue weighted by atomic mass is 10.2. The lowest BCUT2D eigenvalue weighted by Gasteiger charge is -1.99. The molecule has 2 aromatic heterocycles. The molecule has 78 valence electrons. The molecule has 0 bridgehead atoms. The molecule has 0 aromatic carbocycles. The van der Waals surface area contributed by atoms with Gasteiger partial charge in [-0.2, -0.15) is 10.2 Å². The number of hydrogen-bond donors (Lipinski definition) is 2. The number of carbonyl (C=O) groups excluding carboxylic acids is 1. The Morgan fingerprint density at radius 1 is 1.53 bits per heavy atom. The maximum Gasteiger partial charge on any atom is 0.274 e. The zero-order valence-electron chi connectivity index (χ0n) is 8.48. The predicted molar refractivity (Wildman–Crippen MR) is 54.5 cm³/mol. The van der Waals surface area contributed by atoms with E-state index in [0.29, 0.717) is 11.4 Å². The SMILES string of the molecule is Cc1cn[nH]c1C(=O)Nc1cnn(C)c1. The van der Waals surface area contributed by atoms with Crippen molar-refractivity contribution in [2.24, 2.45) is 7.05 Å². The van der Waals surface area contributed by atoms with Crippen LogP contribution < -0.4 is 5.32 Å². The van der Waals surface area contributed by atoms with Gasteiger partial charge in [0, 0.05) is 13.2 Å². The fourth-order valence-corrected chi connectivity index (χ4v) is 1.26. The Labute approximate surface area is 86.3 Å². The van der Waals surface area contributed by atoms with Crippen molar-refractivity contribution in [3.8, 4) is 0 Å². The summed E-state index contributed by atoms with van der Waals surface area (Å²) in [5, 5.41) is 13.1. The number of hydrogen-bond acceptors (Lipinski definition) is 3. The number of anilines is 1. The summed E-state index contributed by atoms with van der Waals surface area (Å²) in [6, 6.07) is 0. The van der Waals surface area contributed by atoms with Gasteiger partial charge in [0.15, 0.2) is 0 Å². The summed E-state index contributed by atoms with van der Waals surface area (Å²) in [5.41, 5.74) is 1.95. The molecule has 0 saturated heterocycles. The second-order valence-corrected chi connectivity index (χ2v) is 3.28. The number of rotatable bonds is 2. The Hall–Kier alpha value is -2.11. The number of aromatic nitrogens is 4. The zero-order chi connectivity index (χ0) is 10.8. The minimum absolute atomic E-state index is 0.210. The molecule has 0 fully saturated rings. The molecule has 6 heteroatoms. The van der Waals surface area contributed by atoms with Gasteiger partial charge in [-0.3, -0.25) is 14.6 Å². The highest BCUT2D eigenvalue weighted by atomic mass is 16.1. The zero-order valence-corrected chi connectivity index (χ0v) is 8.48. The van der Waals surface area contributed by atoms with Crippen LogP contribution >= 0.6 is 0 Å². The maximum atomic E-state index is 11.7. The van der Waals surface area contributed by atoms with Crippen LogP contribution in [0.3, 0.4) is 0 Å². The molecule has 2 aromatic rings. The van der Waals surface area contributed by atoms with Crippen molar-refractivity contribution in [2.75, 3.05) is 5.32 Å². The summed E-state index contributed by atoms with van der Waals surface area (Å²) in [6.07, 6.45) is 4.92. The second kappa shape index (κ2) is 3.56. The third-order valence-electron chi connectivity index (χ3n) is 2.02. The van der Waals surface area contributed by atoms with E-state index in [1.54, 1.807) is 30.3 Å². The third-order valence-corrected chi connectivity index (χ3v) is 2.02. The topological polar surface area (TPSA) is 75.6 Å². The van der Waals surface area contributed by atoms with E-state index in [1.165, 1.54) is 0 Å². The third kappa shape index (κ3) is 1.88. The molecule has 0 spiro atoms. The minimum atomic E-state index is -0.210. The van der Waals surface area contributed by atoms with E-state index >= 15 is 0 Å². The molecule has 2 N–H and O–H groups in total. The van der Waals surface area contributed by atoms with Gasteiger partial charge < -0.3 is 5.32 Å². The highest BCUT2D eigenvalue weighted by Crippen LogP contribution is 2.08. The Bertz CT molecular complexity index is 484. The monoisotopic (exact) mass is 205 g/mol. The quantitative estimate of drug-likeness (QED) is 0.757. The first-order valence-electron chi connectivity index (χ1n) is 4.47. The Kier molecular flexibility index (Phi) is 2.24. The van der Waals surface area contributed by atoms with E-state index in [9.17, 15) is 4.79 Å². The largest absolute Gasteiger partial charge is 0.318 e. The van der Waals surface area contributed by atoms with Gasteiger partial charge in [0.1, 0.15) is 5.69 Å². The van der Waals surface area contributed by atoms with Gasteiger partial charge in [-0.05, 0) is 12.5 Å². The molecule has 6 nitrogen and oxygen atoms in total. The van der Waals surface area contributed by atoms with Gasteiger partial charge in [-0.15, -0.1) is 0 Å². The molecule has 0 atom stereocenters. The van der Waals surface area contributed by atoms with Crippen molar-refractivity contribution in [2.45, 2.75) is 6.92 Å². The van der Waals surface area contributed by atoms with Crippen LogP contribution in [0.4, 0.5) is 5.69 Å². The van der Waals surface area contributed by atoms with Gasteiger partial charge in [0.2, 0.25) is 0 Å². The molecule has 0 aliphatic heterocycles. The first-order chi connectivity index (χ1) is 7.16. The summed E-state index contributed by atoms with van der Waals surface area (Å²) in [4.78, 5) is 11.7. The van der Waals surface area contributed by atoms with Gasteiger partial charge in [-0.25, -0.2) is 0 Å². The van der Waals surface area contributed by atoms with Crippen molar-refractivity contribution >= 4 is 11.6 Å². The van der Waals surface area contributed by atoms with Gasteiger partial charge in [-0.1, -0.05) is 0 Å². The molecule has 0 saturated carbocycles. The summed E-state index contributed by atoms with van der Waals surface area (Å²) >= 11 is 0. The second-order valence-electron chi connectivity index (χ2n) is 3.28. The summed E-state index contributed by atoms with van der Waals surface area (Å²) in [6.45, 7) is 1.82. The first kappa shape index (κ1) is 9.45. The van der Waals surface area contributed by atoms with Crippen LogP contribution in [-0.4, -0.2) is 25.9 Å². The van der Waals surface area contributed by atoms with Gasteiger partial charge >= 0.3 is 0 Å². The molecular weight excluding hydrogens is 194 g/mol. The lowest BCUT2D eigenvalue weighted by Crippen LogP contribution is -2.13. The Balaban J connectivity index is 2.14. The highest BCUT2D eigenvalue weighted by molar-refractivity contribution is 6.03. The number of carbonyl (C=O) groups is 1. The number of aromatic amines is 1. The molecule has 0 aliphatic carbocycles. The van der Waals surface area contributed by atoms with Crippen molar-refractivity contribution in [3.05, 3.63) is 29.8 Å². The van der Waals surface area contributed by atoms with Crippen LogP contribution in [-0.2, 0) is 7.05 Å². The molecule has 0 radical (unpaired) electrons. The number of nitrogens with one attached hydrogen (secondary N) is 2. The highest BCUT2D eigenvalue weighted by Gasteiger charge is 2.11. The van der Waals surface area contributed by atoms with Crippen molar-refractivity contribution in [3.63, 3.8) is 0 Å². The van der Waals surface area contributed by atoms with Crippen LogP contribution in [0.1, 0.15) is 16.1 Å². The minimum Gasteiger partial charge on any atom is -0.318 e. The fraction of sp³-hybridized carbons (Fsp3) is 0.222. The van der Waals surface area contributed by atoms with Crippen LogP contribution in [0.5, 0.6) is 0 Å². The number of nitrogens with zero attached hydrogens (tertiary/aromatic N) is 3. The molecule has 2 heterocycles. The van der Waals surface area contributed by atoms with Crippen molar-refractivity contribution < 1.29 is 4.79 Å². The average molecular weight is 205 g/mol. The molecule has 2 rings (SSSR count). The van der Waals surface area contributed by atoms with E-state index in [2.05, 4.69) is 20.6 Å². The Morgan fingerprint density at radius 3 is 2.87 bits per heavy atom. The van der Waals surface area contributed by atoms with Crippen LogP contribution in [0.15, 0.2) is 18.6 Å². The number of amides is 1. The summed E-state index contributed by atoms with van der Waals surface area (Å²) in [7, 11) is 1.79. The fourth-order valence-electron chi connectivity index (χ4n) is 1.26. The van der Waals surface area contributed by atoms with E-state index in [-0.39, 0.29) is 5.91 Å². The van der Waals surface area contributed by atoms with Crippen LogP contribution in [0, 0.1) is 6.92 Å². The van der Waals surface area contributed by atoms with Gasteiger partial charge in [0.05, 0.1) is 18.1 Å². The summed E-state index contributed by atoms with van der Waals surface area (Å²) < 4.78 is 1.62. The molecule has 15 heavy (non-hydrogen) atoms. The predicted octanol–water partition coefficient (Wildman–Crippen LogP) is 0.704. The van der Waals surface area contributed by atoms with Crippen LogP contribution in [0.25, 0.3) is 0 Å². The van der Waals surface area contributed by atoms with E-state index in [0.717, 1.165) is 5.56 Å². The number of H-pyrrole nitrogens is 1. The van der Waals surface area contributed by atoms with Crippen molar-refractivity contribution in [1.82, 2.24) is 20.0 Å². The molecule has 1 amide bonds. The lowest BCUT2D eigenvalue weighted by molar-refractivity contribution is 0.102. The Morgan fingerprint density at radius 2 is 2.33 bits per heavy atom. The van der Waals surface area contributed by atoms with E-state index in [4.69, 9.17) is 0 Å². The standard InChI is InChI=1S/C9H11N5O/c1-6-3-10-13-8(6)9(15)12-7-4-11-14(2)5-7/h3-5H,1-2H3,(H,10,13)(H,12,15). The first-order valence-corrected chi connectivity index (χ1v) is 4.47. The van der Waals surface area contributed by atoms with E-state index < -0.39 is 0 Å². The molecule has 0 aliphatic rings. The summed E-state index contributed by atoms with van der Waals surface area (Å²) in [5.74, 6) is -0.210. The average Bonchev–Trinajstić information content (AvgIpc) is 2.75. The number of aryl methyl sites for hydroxylation is 2. The normalized spacial score (nSPS) is 10.3. The molecular formula is C9H11N5O.